The van der Waals surface area contributed by atoms with Gasteiger partial charge in [0.1, 0.15) is 30.0 Å². The van der Waals surface area contributed by atoms with Crippen molar-refractivity contribution in [2.45, 2.75) is 12.1 Å². The van der Waals surface area contributed by atoms with Crippen LogP contribution in [-0.4, -0.2) is 33.0 Å². The molecule has 1 unspecified atom stereocenters. The van der Waals surface area contributed by atoms with Crippen molar-refractivity contribution in [3.05, 3.63) is 71.5 Å². The summed E-state index contributed by atoms with van der Waals surface area (Å²) >= 11 is 5.81. The van der Waals surface area contributed by atoms with E-state index in [1.165, 1.54) is 29.5 Å². The zero-order chi connectivity index (χ0) is 19.4. The molecular weight excluding hydrogens is 377 g/mol. The molecule has 1 heterocycles. The van der Waals surface area contributed by atoms with E-state index in [9.17, 15) is 14.3 Å². The predicted molar refractivity (Wildman–Crippen MR) is 93.9 cm³/mol. The molecule has 0 amide bonds. The molecule has 0 saturated heterocycles. The molecule has 0 spiro atoms. The minimum absolute atomic E-state index is 0.187. The number of esters is 1. The van der Waals surface area contributed by atoms with Gasteiger partial charge in [0, 0.05) is 16.7 Å². The number of aliphatic hydroxyl groups is 1. The average molecular weight is 392 g/mol. The lowest BCUT2D eigenvalue weighted by Crippen LogP contribution is -2.42. The molecule has 0 aliphatic heterocycles. The smallest absolute Gasteiger partial charge is 0.344 e. The van der Waals surface area contributed by atoms with Gasteiger partial charge < -0.3 is 14.6 Å². The van der Waals surface area contributed by atoms with Crippen LogP contribution in [-0.2, 0) is 21.7 Å². The number of carbonyl (C=O) groups is 1. The van der Waals surface area contributed by atoms with Gasteiger partial charge in [0.25, 0.3) is 0 Å². The van der Waals surface area contributed by atoms with Gasteiger partial charge in [-0.2, -0.15) is 5.10 Å². The van der Waals surface area contributed by atoms with Gasteiger partial charge in [-0.25, -0.2) is 18.9 Å². The molecule has 0 saturated carbocycles. The Labute approximate surface area is 158 Å². The maximum Gasteiger partial charge on any atom is 0.344 e. The normalized spacial score (nSPS) is 13.0. The highest BCUT2D eigenvalue weighted by molar-refractivity contribution is 6.30. The number of nitrogens with zero attached hydrogens (tertiary/aromatic N) is 3. The van der Waals surface area contributed by atoms with Crippen molar-refractivity contribution in [2.75, 3.05) is 7.11 Å². The topological polar surface area (TPSA) is 86.5 Å². The molecule has 3 rings (SSSR count). The van der Waals surface area contributed by atoms with Crippen molar-refractivity contribution in [1.82, 2.24) is 14.8 Å². The fourth-order valence-electron chi connectivity index (χ4n) is 2.51. The summed E-state index contributed by atoms with van der Waals surface area (Å²) in [6, 6.07) is 10.3. The molecular formula is C18H15ClFN3O4. The van der Waals surface area contributed by atoms with Crippen LogP contribution in [0.3, 0.4) is 0 Å². The Hall–Kier alpha value is -2.97. The minimum atomic E-state index is -2.29. The molecule has 1 aromatic heterocycles. The summed E-state index contributed by atoms with van der Waals surface area (Å²) in [5.74, 6) is -1.22. The fourth-order valence-corrected chi connectivity index (χ4v) is 2.64. The fraction of sp³-hybridized carbons (Fsp3) is 0.167. The van der Waals surface area contributed by atoms with E-state index in [1.807, 2.05) is 0 Å². The van der Waals surface area contributed by atoms with Crippen LogP contribution in [0.1, 0.15) is 5.56 Å². The molecule has 0 aliphatic carbocycles. The first-order valence-electron chi connectivity index (χ1n) is 7.79. The highest BCUT2D eigenvalue weighted by atomic mass is 35.5. The van der Waals surface area contributed by atoms with Crippen LogP contribution >= 0.6 is 11.6 Å². The number of ether oxygens (including phenoxy) is 2. The quantitative estimate of drug-likeness (QED) is 0.650. The monoisotopic (exact) mass is 391 g/mol. The van der Waals surface area contributed by atoms with Gasteiger partial charge in [0.2, 0.25) is 5.60 Å². The number of hydrogen-bond acceptors (Lipinski definition) is 6. The van der Waals surface area contributed by atoms with Crippen LogP contribution in [0.25, 0.3) is 0 Å². The summed E-state index contributed by atoms with van der Waals surface area (Å²) < 4.78 is 26.1. The van der Waals surface area contributed by atoms with E-state index in [0.29, 0.717) is 10.8 Å². The summed E-state index contributed by atoms with van der Waals surface area (Å²) in [6.45, 7) is -0.367. The van der Waals surface area contributed by atoms with E-state index >= 15 is 0 Å². The second kappa shape index (κ2) is 7.73. The number of halogens is 2. The van der Waals surface area contributed by atoms with Crippen LogP contribution < -0.4 is 4.74 Å². The SMILES string of the molecule is COC(=O)C(O)(Cn1cncn1)c1ccc(Oc2ccc(Cl)cc2)cc1F. The maximum atomic E-state index is 14.7. The Morgan fingerprint density at radius 1 is 1.26 bits per heavy atom. The molecule has 9 heteroatoms. The predicted octanol–water partition coefficient (Wildman–Crippen LogP) is 2.92. The third-order valence-electron chi connectivity index (χ3n) is 3.82. The van der Waals surface area contributed by atoms with Crippen molar-refractivity contribution in [3.8, 4) is 11.5 Å². The molecule has 27 heavy (non-hydrogen) atoms. The Balaban J connectivity index is 1.91. The summed E-state index contributed by atoms with van der Waals surface area (Å²) in [6.07, 6.45) is 2.53. The maximum absolute atomic E-state index is 14.7. The van der Waals surface area contributed by atoms with Crippen LogP contribution in [0.2, 0.25) is 5.02 Å². The van der Waals surface area contributed by atoms with Crippen molar-refractivity contribution >= 4 is 17.6 Å². The van der Waals surface area contributed by atoms with E-state index in [2.05, 4.69) is 14.8 Å². The largest absolute Gasteiger partial charge is 0.467 e. The molecule has 0 fully saturated rings. The lowest BCUT2D eigenvalue weighted by atomic mass is 9.93. The minimum Gasteiger partial charge on any atom is -0.467 e. The Morgan fingerprint density at radius 3 is 2.56 bits per heavy atom. The first kappa shape index (κ1) is 18.8. The van der Waals surface area contributed by atoms with Crippen LogP contribution in [0.15, 0.2) is 55.1 Å². The van der Waals surface area contributed by atoms with Gasteiger partial charge in [0.05, 0.1) is 13.7 Å². The van der Waals surface area contributed by atoms with Crippen molar-refractivity contribution < 1.29 is 23.8 Å². The van der Waals surface area contributed by atoms with E-state index in [-0.39, 0.29) is 17.9 Å². The van der Waals surface area contributed by atoms with Gasteiger partial charge in [-0.05, 0) is 36.4 Å². The van der Waals surface area contributed by atoms with Crippen LogP contribution in [0, 0.1) is 5.82 Å². The van der Waals surface area contributed by atoms with Crippen LogP contribution in [0.4, 0.5) is 4.39 Å². The summed E-state index contributed by atoms with van der Waals surface area (Å²) in [7, 11) is 1.10. The van der Waals surface area contributed by atoms with Crippen molar-refractivity contribution in [1.29, 1.82) is 0 Å². The van der Waals surface area contributed by atoms with E-state index in [4.69, 9.17) is 16.3 Å². The van der Waals surface area contributed by atoms with Gasteiger partial charge >= 0.3 is 5.97 Å². The van der Waals surface area contributed by atoms with E-state index in [1.54, 1.807) is 24.3 Å². The number of aromatic nitrogens is 3. The Morgan fingerprint density at radius 2 is 1.96 bits per heavy atom. The van der Waals surface area contributed by atoms with Crippen molar-refractivity contribution in [3.63, 3.8) is 0 Å². The van der Waals surface area contributed by atoms with Gasteiger partial charge in [-0.15, -0.1) is 0 Å². The highest BCUT2D eigenvalue weighted by Gasteiger charge is 2.42. The van der Waals surface area contributed by atoms with E-state index in [0.717, 1.165) is 13.2 Å². The lowest BCUT2D eigenvalue weighted by Gasteiger charge is -2.26. The molecule has 0 bridgehead atoms. The number of rotatable bonds is 6. The number of hydrogen-bond donors (Lipinski definition) is 1. The zero-order valence-corrected chi connectivity index (χ0v) is 14.9. The summed E-state index contributed by atoms with van der Waals surface area (Å²) in [5.41, 5.74) is -2.56. The van der Waals surface area contributed by atoms with E-state index < -0.39 is 17.4 Å². The molecule has 3 aromatic rings. The average Bonchev–Trinajstić information content (AvgIpc) is 3.15. The number of carbonyl (C=O) groups excluding carboxylic acids is 1. The van der Waals surface area contributed by atoms with Crippen molar-refractivity contribution in [2.24, 2.45) is 0 Å². The molecule has 0 aliphatic rings. The van der Waals surface area contributed by atoms with Gasteiger partial charge in [-0.3, -0.25) is 0 Å². The molecule has 140 valence electrons. The highest BCUT2D eigenvalue weighted by Crippen LogP contribution is 2.31. The third kappa shape index (κ3) is 4.07. The first-order valence-corrected chi connectivity index (χ1v) is 8.17. The second-order valence-corrected chi connectivity index (χ2v) is 6.08. The van der Waals surface area contributed by atoms with Gasteiger partial charge in [0.15, 0.2) is 0 Å². The standard InChI is InChI=1S/C18H15ClFN3O4/c1-26-17(24)18(25,9-23-11-21-10-22-23)15-7-6-14(8-16(15)20)27-13-4-2-12(19)3-5-13/h2-8,10-11,25H,9H2,1H3. The molecule has 1 N–H and O–H groups in total. The summed E-state index contributed by atoms with van der Waals surface area (Å²) in [4.78, 5) is 15.9. The number of methoxy groups -OCH3 is 1. The molecule has 0 radical (unpaired) electrons. The first-order chi connectivity index (χ1) is 12.9. The van der Waals surface area contributed by atoms with Crippen LogP contribution in [0.5, 0.6) is 11.5 Å². The Bertz CT molecular complexity index is 934. The molecule has 7 nitrogen and oxygen atoms in total. The molecule has 1 atom stereocenters. The second-order valence-electron chi connectivity index (χ2n) is 5.64. The third-order valence-corrected chi connectivity index (χ3v) is 4.07. The lowest BCUT2D eigenvalue weighted by molar-refractivity contribution is -0.166. The number of benzene rings is 2. The summed E-state index contributed by atoms with van der Waals surface area (Å²) in [5, 5.41) is 15.2. The molecule has 2 aromatic carbocycles. The Kier molecular flexibility index (Phi) is 5.38. The van der Waals surface area contributed by atoms with Gasteiger partial charge in [-0.1, -0.05) is 11.6 Å². The zero-order valence-electron chi connectivity index (χ0n) is 14.2.